The Morgan fingerprint density at radius 1 is 0.464 bits per heavy atom. The van der Waals surface area contributed by atoms with Gasteiger partial charge in [-0.25, -0.2) is 0 Å². The van der Waals surface area contributed by atoms with Gasteiger partial charge in [0.15, 0.2) is 0 Å². The van der Waals surface area contributed by atoms with Crippen molar-refractivity contribution < 1.29 is 24.9 Å². The minimum Gasteiger partial charge on any atom is -0.481 e. The first-order chi connectivity index (χ1) is 13.5. The summed E-state index contributed by atoms with van der Waals surface area (Å²) in [5.74, 6) is -1.38. The molecule has 0 aromatic carbocycles. The number of hydrogen-bond acceptors (Lipinski definition) is 3. The average Bonchev–Trinajstić information content (AvgIpc) is 2.64. The molecule has 0 heterocycles. The van der Waals surface area contributed by atoms with Crippen molar-refractivity contribution in [2.24, 2.45) is 0 Å². The van der Waals surface area contributed by atoms with Gasteiger partial charge in [0.2, 0.25) is 0 Å². The van der Waals surface area contributed by atoms with Gasteiger partial charge in [-0.3, -0.25) is 9.59 Å². The minimum atomic E-state index is -0.691. The fourth-order valence-electron chi connectivity index (χ4n) is 3.58. The van der Waals surface area contributed by atoms with Crippen molar-refractivity contribution in [2.45, 2.75) is 135 Å². The highest BCUT2D eigenvalue weighted by Gasteiger charge is 2.04. The molecule has 0 bridgehead atoms. The molecule has 0 aliphatic heterocycles. The summed E-state index contributed by atoms with van der Waals surface area (Å²) in [6.45, 7) is 0. The lowest BCUT2D eigenvalue weighted by Gasteiger charge is -2.10. The number of hydrogen-bond donors (Lipinski definition) is 3. The molecule has 0 spiro atoms. The summed E-state index contributed by atoms with van der Waals surface area (Å²) in [4.78, 5) is 20.8. The van der Waals surface area contributed by atoms with Crippen LogP contribution < -0.4 is 0 Å². The van der Waals surface area contributed by atoms with Crippen LogP contribution in [-0.2, 0) is 9.59 Å². The van der Waals surface area contributed by atoms with Gasteiger partial charge in [0.25, 0.3) is 0 Å². The van der Waals surface area contributed by atoms with E-state index in [0.29, 0.717) is 12.8 Å². The van der Waals surface area contributed by atoms with Crippen LogP contribution in [0.5, 0.6) is 0 Å². The summed E-state index contributed by atoms with van der Waals surface area (Å²) in [6.07, 6.45) is 20.1. The van der Waals surface area contributed by atoms with Gasteiger partial charge in [-0.2, -0.15) is 0 Å². The van der Waals surface area contributed by atoms with E-state index in [0.717, 1.165) is 64.2 Å². The molecule has 0 aliphatic rings. The van der Waals surface area contributed by atoms with E-state index in [4.69, 9.17) is 10.2 Å². The Morgan fingerprint density at radius 3 is 1.00 bits per heavy atom. The van der Waals surface area contributed by atoms with Crippen molar-refractivity contribution in [2.75, 3.05) is 0 Å². The SMILES string of the molecule is O=C(O)CCCCCCCCCCC(O)CCCCCCCCCCC(=O)O. The Morgan fingerprint density at radius 2 is 0.714 bits per heavy atom. The second kappa shape index (κ2) is 20.6. The zero-order valence-corrected chi connectivity index (χ0v) is 17.9. The molecule has 0 aromatic rings. The van der Waals surface area contributed by atoms with E-state index in [1.54, 1.807) is 0 Å². The predicted octanol–water partition coefficient (Wildman–Crippen LogP) is 6.32. The van der Waals surface area contributed by atoms with Crippen LogP contribution in [0, 0.1) is 0 Å². The fraction of sp³-hybridized carbons (Fsp3) is 0.913. The molecule has 0 radical (unpaired) electrons. The van der Waals surface area contributed by atoms with Crippen LogP contribution in [0.15, 0.2) is 0 Å². The third kappa shape index (κ3) is 22.9. The summed E-state index contributed by atoms with van der Waals surface area (Å²) in [6, 6.07) is 0. The molecule has 0 saturated carbocycles. The van der Waals surface area contributed by atoms with Crippen LogP contribution in [-0.4, -0.2) is 33.4 Å². The van der Waals surface area contributed by atoms with Crippen molar-refractivity contribution in [3.8, 4) is 0 Å². The number of rotatable bonds is 22. The van der Waals surface area contributed by atoms with Gasteiger partial charge in [-0.1, -0.05) is 89.9 Å². The molecule has 0 aromatic heterocycles. The summed E-state index contributed by atoms with van der Waals surface area (Å²) in [5.41, 5.74) is 0. The predicted molar refractivity (Wildman–Crippen MR) is 114 cm³/mol. The fourth-order valence-corrected chi connectivity index (χ4v) is 3.58. The number of carbonyl (C=O) groups is 2. The molecule has 0 rings (SSSR count). The maximum absolute atomic E-state index is 10.4. The van der Waals surface area contributed by atoms with E-state index < -0.39 is 11.9 Å². The van der Waals surface area contributed by atoms with Crippen LogP contribution in [0.3, 0.4) is 0 Å². The number of aliphatic carboxylic acids is 2. The van der Waals surface area contributed by atoms with Crippen LogP contribution in [0.1, 0.15) is 128 Å². The van der Waals surface area contributed by atoms with Gasteiger partial charge in [-0.15, -0.1) is 0 Å². The smallest absolute Gasteiger partial charge is 0.303 e. The molecule has 0 saturated heterocycles. The van der Waals surface area contributed by atoms with Gasteiger partial charge >= 0.3 is 11.9 Å². The monoisotopic (exact) mass is 400 g/mol. The summed E-state index contributed by atoms with van der Waals surface area (Å²) >= 11 is 0. The normalized spacial score (nSPS) is 11.2. The molecule has 5 heteroatoms. The van der Waals surface area contributed by atoms with E-state index in [9.17, 15) is 14.7 Å². The molecule has 28 heavy (non-hydrogen) atoms. The van der Waals surface area contributed by atoms with Crippen LogP contribution in [0.4, 0.5) is 0 Å². The lowest BCUT2D eigenvalue weighted by molar-refractivity contribution is -0.138. The summed E-state index contributed by atoms with van der Waals surface area (Å²) in [7, 11) is 0. The first-order valence-electron chi connectivity index (χ1n) is 11.6. The first kappa shape index (κ1) is 26.9. The van der Waals surface area contributed by atoms with E-state index in [2.05, 4.69) is 0 Å². The Hall–Kier alpha value is -1.10. The number of aliphatic hydroxyl groups is 1. The highest BCUT2D eigenvalue weighted by molar-refractivity contribution is 5.66. The Balaban J connectivity index is 3.18. The van der Waals surface area contributed by atoms with Gasteiger partial charge in [-0.05, 0) is 25.7 Å². The van der Waals surface area contributed by atoms with Gasteiger partial charge in [0.05, 0.1) is 6.10 Å². The van der Waals surface area contributed by atoms with Crippen molar-refractivity contribution >= 4 is 11.9 Å². The second-order valence-electron chi connectivity index (χ2n) is 8.18. The highest BCUT2D eigenvalue weighted by atomic mass is 16.4. The molecular weight excluding hydrogens is 356 g/mol. The third-order valence-corrected chi connectivity index (χ3v) is 5.36. The largest absolute Gasteiger partial charge is 0.481 e. The number of aliphatic hydroxyl groups excluding tert-OH is 1. The second-order valence-corrected chi connectivity index (χ2v) is 8.18. The molecule has 5 nitrogen and oxygen atoms in total. The van der Waals surface area contributed by atoms with E-state index in [1.807, 2.05) is 0 Å². The zero-order valence-electron chi connectivity index (χ0n) is 17.9. The Bertz CT molecular complexity index is 336. The van der Waals surface area contributed by atoms with Gasteiger partial charge < -0.3 is 15.3 Å². The van der Waals surface area contributed by atoms with Crippen molar-refractivity contribution in [1.82, 2.24) is 0 Å². The number of carboxylic acids is 2. The molecular formula is C23H44O5. The Labute approximate surface area is 171 Å². The standard InChI is InChI=1S/C23H44O5/c24-21(17-13-9-5-1-3-7-11-15-19-22(25)26)18-14-10-6-2-4-8-12-16-20-23(27)28/h21,24H,1-20H2,(H,25,26)(H,27,28). The lowest BCUT2D eigenvalue weighted by Crippen LogP contribution is -2.05. The quantitative estimate of drug-likeness (QED) is 0.185. The third-order valence-electron chi connectivity index (χ3n) is 5.36. The molecule has 0 amide bonds. The molecule has 0 fully saturated rings. The zero-order chi connectivity index (χ0) is 20.9. The Kier molecular flexibility index (Phi) is 19.8. The van der Waals surface area contributed by atoms with Gasteiger partial charge in [0.1, 0.15) is 0 Å². The highest BCUT2D eigenvalue weighted by Crippen LogP contribution is 2.15. The first-order valence-corrected chi connectivity index (χ1v) is 11.6. The van der Waals surface area contributed by atoms with Crippen LogP contribution in [0.25, 0.3) is 0 Å². The lowest BCUT2D eigenvalue weighted by atomic mass is 10.0. The molecule has 3 N–H and O–H groups in total. The van der Waals surface area contributed by atoms with Crippen molar-refractivity contribution in [3.63, 3.8) is 0 Å². The maximum atomic E-state index is 10.4. The number of unbranched alkanes of at least 4 members (excludes halogenated alkanes) is 14. The van der Waals surface area contributed by atoms with Crippen LogP contribution in [0.2, 0.25) is 0 Å². The van der Waals surface area contributed by atoms with E-state index in [-0.39, 0.29) is 6.10 Å². The molecule has 0 aliphatic carbocycles. The van der Waals surface area contributed by atoms with E-state index in [1.165, 1.54) is 51.4 Å². The molecule has 0 unspecified atom stereocenters. The minimum absolute atomic E-state index is 0.146. The van der Waals surface area contributed by atoms with Crippen molar-refractivity contribution in [3.05, 3.63) is 0 Å². The van der Waals surface area contributed by atoms with E-state index >= 15 is 0 Å². The molecule has 166 valence electrons. The summed E-state index contributed by atoms with van der Waals surface area (Å²) in [5, 5.41) is 27.2. The summed E-state index contributed by atoms with van der Waals surface area (Å²) < 4.78 is 0. The topological polar surface area (TPSA) is 94.8 Å². The van der Waals surface area contributed by atoms with Gasteiger partial charge in [0, 0.05) is 12.8 Å². The molecule has 0 atom stereocenters. The number of carboxylic acid groups (broad SMARTS) is 2. The maximum Gasteiger partial charge on any atom is 0.303 e. The van der Waals surface area contributed by atoms with Crippen LogP contribution >= 0.6 is 0 Å². The average molecular weight is 401 g/mol. The van der Waals surface area contributed by atoms with Crippen molar-refractivity contribution in [1.29, 1.82) is 0 Å².